The van der Waals surface area contributed by atoms with Crippen molar-refractivity contribution < 1.29 is 76.3 Å². The van der Waals surface area contributed by atoms with Gasteiger partial charge in [-0.2, -0.15) is 0 Å². The summed E-state index contributed by atoms with van der Waals surface area (Å²) in [6, 6.07) is -0.234. The van der Waals surface area contributed by atoms with E-state index in [2.05, 4.69) is 67.8 Å². The number of esters is 8. The topological polar surface area (TPSA) is 210 Å². The summed E-state index contributed by atoms with van der Waals surface area (Å²) in [5.74, 6) is -0.195. The number of carbonyl (C=O) groups excluding carboxylic acids is 8. The number of hydrogen-bond donors (Lipinski definition) is 0. The second-order valence-corrected chi connectivity index (χ2v) is 23.1. The molecule has 4 atom stereocenters. The summed E-state index contributed by atoms with van der Waals surface area (Å²) in [6.45, 7) is 27.9. The summed E-state index contributed by atoms with van der Waals surface area (Å²) < 4.78 is 36.7. The largest absolute Gasteiger partial charge is 0.449 e. The first kappa shape index (κ1) is 92.2. The van der Waals surface area contributed by atoms with E-state index in [-0.39, 0.29) is 125 Å². The van der Waals surface area contributed by atoms with Crippen LogP contribution in [0.2, 0.25) is 0 Å². The molecule has 0 aromatic heterocycles. The van der Waals surface area contributed by atoms with Crippen LogP contribution in [-0.4, -0.2) is 96.3 Å². The van der Waals surface area contributed by atoms with Crippen molar-refractivity contribution >= 4 is 141 Å². The lowest BCUT2D eigenvalue weighted by atomic mass is 9.84. The highest BCUT2D eigenvalue weighted by Crippen LogP contribution is 2.30. The molecule has 0 aliphatic heterocycles. The van der Waals surface area contributed by atoms with E-state index >= 15 is 0 Å². The quantitative estimate of drug-likeness (QED) is 0.0372. The Balaban J connectivity index is -0.000000205. The van der Waals surface area contributed by atoms with Gasteiger partial charge in [0.15, 0.2) is 48.5 Å². The highest BCUT2D eigenvalue weighted by molar-refractivity contribution is 6.19. The zero-order valence-electron chi connectivity index (χ0n) is 52.5. The van der Waals surface area contributed by atoms with Gasteiger partial charge in [0.2, 0.25) is 0 Å². The number of hydrogen-bond acceptors (Lipinski definition) is 16. The van der Waals surface area contributed by atoms with Gasteiger partial charge in [-0.1, -0.05) is 227 Å². The third-order valence-electron chi connectivity index (χ3n) is 12.3. The average molecular weight is 1360 g/mol. The first-order chi connectivity index (χ1) is 39.1. The highest BCUT2D eigenvalue weighted by atomic mass is 35.5. The van der Waals surface area contributed by atoms with Crippen molar-refractivity contribution in [2.24, 2.45) is 46.3 Å². The molecule has 2 rings (SSSR count). The minimum atomic E-state index is -0.394. The first-order valence-corrected chi connectivity index (χ1v) is 33.1. The molecule has 24 heteroatoms. The van der Waals surface area contributed by atoms with Crippen molar-refractivity contribution in [3.8, 4) is 0 Å². The minimum absolute atomic E-state index is 0.00463. The molecule has 494 valence electrons. The van der Waals surface area contributed by atoms with Crippen LogP contribution in [0.4, 0.5) is 0 Å². The van der Waals surface area contributed by atoms with Gasteiger partial charge in [-0.3, -0.25) is 38.4 Å². The van der Waals surface area contributed by atoms with Crippen molar-refractivity contribution in [2.45, 2.75) is 232 Å². The Bertz CT molecular complexity index is 1610. The average Bonchev–Trinajstić information content (AvgIpc) is 4.16. The van der Waals surface area contributed by atoms with Crippen molar-refractivity contribution in [2.75, 3.05) is 48.5 Å². The molecule has 0 aromatic carbocycles. The van der Waals surface area contributed by atoms with Crippen molar-refractivity contribution in [3.05, 3.63) is 0 Å². The molecular formula is C59H106Cl8O16. The van der Waals surface area contributed by atoms with Crippen LogP contribution >= 0.6 is 92.8 Å². The SMILES string of the molecule is CC(CC(=O)OCCl)CC(C)(C)C.CCC(C)(C)C(=O)OCCl.CCC(C)C(=O)OCCl.CCCC(C)C(=O)OCCl.CCCCC(=O)OCCl.CCCCC(CC)C(=O)OCCl.O=C(CCC1CCCC1)OCCl.O=C(OCCl)C1CC1. The third kappa shape index (κ3) is 65.9. The number of carbonyl (C=O) groups is 8. The maximum Gasteiger partial charge on any atom is 0.312 e. The molecule has 0 saturated heterocycles. The molecule has 2 fully saturated rings. The molecule has 83 heavy (non-hydrogen) atoms. The van der Waals surface area contributed by atoms with E-state index in [0.29, 0.717) is 25.2 Å². The Kier molecular flexibility index (Phi) is 70.1. The standard InChI is InChI=1S/C10H19ClO2.C9H15ClO2.C9H17ClO2.2C7H13ClO2.2C6H11ClO2.C5H7ClO2/c1-8(6-10(2,3)4)5-9(12)13-7-11;10-7-12-9(11)6-5-8-3-1-2-4-8;1-3-5-6-8(4-2)9(11)12-7-10;1-4-7(2,3)6(9)10-5-8;1-3-4-6(2)7(9)10-5-8;1-3-5(2)6(8)9-4-7;1-2-3-4-6(8)9-5-7;6-3-8-5(7)4-1-2-4/h8H,5-7H2,1-4H3;8H,1-7H2;8H,3-7H2,1-2H3;4-5H2,1-3H3;6H,3-5H2,1-2H3;5H,3-4H2,1-2H3;2-5H2,1H3;4H,1-3H2. The zero-order valence-corrected chi connectivity index (χ0v) is 58.6. The summed E-state index contributed by atoms with van der Waals surface area (Å²) in [6.07, 6.45) is 20.0. The molecule has 0 N–H and O–H groups in total. The summed E-state index contributed by atoms with van der Waals surface area (Å²) in [5.41, 5.74) is -0.129. The van der Waals surface area contributed by atoms with E-state index in [4.69, 9.17) is 97.5 Å². The smallest absolute Gasteiger partial charge is 0.312 e. The predicted molar refractivity (Wildman–Crippen MR) is 337 cm³/mol. The van der Waals surface area contributed by atoms with Crippen molar-refractivity contribution in [1.29, 1.82) is 0 Å². The van der Waals surface area contributed by atoms with Crippen LogP contribution in [0.5, 0.6) is 0 Å². The van der Waals surface area contributed by atoms with E-state index in [1.54, 1.807) is 0 Å². The Morgan fingerprint density at radius 2 is 0.904 bits per heavy atom. The molecular weight excluding hydrogens is 1250 g/mol. The Morgan fingerprint density at radius 1 is 0.470 bits per heavy atom. The molecule has 0 bridgehead atoms. The predicted octanol–water partition coefficient (Wildman–Crippen LogP) is 18.0. The maximum atomic E-state index is 11.2. The lowest BCUT2D eigenvalue weighted by Crippen LogP contribution is -2.25. The number of ether oxygens (including phenoxy) is 8. The zero-order chi connectivity index (χ0) is 65.2. The molecule has 16 nitrogen and oxygen atoms in total. The van der Waals surface area contributed by atoms with E-state index in [1.165, 1.54) is 25.7 Å². The van der Waals surface area contributed by atoms with E-state index in [9.17, 15) is 38.4 Å². The van der Waals surface area contributed by atoms with Gasteiger partial charge in [-0.05, 0) is 95.3 Å². The Labute approximate surface area is 540 Å². The Hall–Kier alpha value is -1.92. The summed E-state index contributed by atoms with van der Waals surface area (Å²) in [5, 5.41) is 0. The fraction of sp³-hybridized carbons (Fsp3) is 0.864. The van der Waals surface area contributed by atoms with E-state index in [1.807, 2.05) is 62.3 Å². The number of alkyl halides is 8. The van der Waals surface area contributed by atoms with E-state index < -0.39 is 5.41 Å². The summed E-state index contributed by atoms with van der Waals surface area (Å²) >= 11 is 41.6. The van der Waals surface area contributed by atoms with Crippen LogP contribution in [0.3, 0.4) is 0 Å². The fourth-order valence-electron chi connectivity index (χ4n) is 6.83. The van der Waals surface area contributed by atoms with Gasteiger partial charge in [0.1, 0.15) is 0 Å². The molecule has 2 aliphatic rings. The molecule has 0 amide bonds. The van der Waals surface area contributed by atoms with Gasteiger partial charge in [-0.25, -0.2) is 0 Å². The van der Waals surface area contributed by atoms with Crippen LogP contribution in [0.15, 0.2) is 0 Å². The van der Waals surface area contributed by atoms with Crippen LogP contribution in [0.1, 0.15) is 232 Å². The van der Waals surface area contributed by atoms with Gasteiger partial charge >= 0.3 is 47.8 Å². The molecule has 4 unspecified atom stereocenters. The van der Waals surface area contributed by atoms with Gasteiger partial charge < -0.3 is 37.9 Å². The number of unbranched alkanes of at least 4 members (excludes halogenated alkanes) is 2. The number of halogens is 8. The van der Waals surface area contributed by atoms with Gasteiger partial charge in [0, 0.05) is 19.3 Å². The minimum Gasteiger partial charge on any atom is -0.449 e. The molecule has 0 radical (unpaired) electrons. The first-order valence-electron chi connectivity index (χ1n) is 28.9. The molecule has 2 aliphatic carbocycles. The lowest BCUT2D eigenvalue weighted by Gasteiger charge is -2.22. The number of rotatable bonds is 30. The van der Waals surface area contributed by atoms with Crippen LogP contribution < -0.4 is 0 Å². The maximum absolute atomic E-state index is 11.2. The molecule has 0 heterocycles. The lowest BCUT2D eigenvalue weighted by molar-refractivity contribution is -0.152. The van der Waals surface area contributed by atoms with Gasteiger partial charge in [0.05, 0.1) is 29.1 Å². The third-order valence-corrected chi connectivity index (χ3v) is 13.2. The highest BCUT2D eigenvalue weighted by Gasteiger charge is 2.31. The van der Waals surface area contributed by atoms with Crippen LogP contribution in [0.25, 0.3) is 0 Å². The fourth-order valence-corrected chi connectivity index (χ4v) is 7.72. The molecule has 0 spiro atoms. The van der Waals surface area contributed by atoms with Crippen LogP contribution in [0, 0.1) is 46.3 Å². The van der Waals surface area contributed by atoms with E-state index in [0.717, 1.165) is 95.8 Å². The summed E-state index contributed by atoms with van der Waals surface area (Å²) in [7, 11) is 0. The van der Waals surface area contributed by atoms with Gasteiger partial charge in [-0.15, -0.1) is 0 Å². The molecule has 2 saturated carbocycles. The van der Waals surface area contributed by atoms with Crippen molar-refractivity contribution in [3.63, 3.8) is 0 Å². The second kappa shape index (κ2) is 63.1. The Morgan fingerprint density at radius 3 is 1.29 bits per heavy atom. The second-order valence-electron chi connectivity index (χ2n) is 21.3. The van der Waals surface area contributed by atoms with Crippen LogP contribution in [-0.2, 0) is 76.3 Å². The summed E-state index contributed by atoms with van der Waals surface area (Å²) in [4.78, 5) is 86.6. The monoisotopic (exact) mass is 1350 g/mol. The van der Waals surface area contributed by atoms with Crippen molar-refractivity contribution in [1.82, 2.24) is 0 Å². The van der Waals surface area contributed by atoms with Gasteiger partial charge in [0.25, 0.3) is 0 Å². The normalized spacial score (nSPS) is 13.6. The molecule has 0 aromatic rings.